The van der Waals surface area contributed by atoms with Crippen LogP contribution < -0.4 is 14.8 Å². The minimum Gasteiger partial charge on any atom is -0.454 e. The number of ether oxygens (including phenoxy) is 2. The molecule has 0 saturated heterocycles. The van der Waals surface area contributed by atoms with Crippen LogP contribution in [0.5, 0.6) is 11.5 Å². The van der Waals surface area contributed by atoms with E-state index >= 15 is 0 Å². The van der Waals surface area contributed by atoms with Crippen molar-refractivity contribution in [2.75, 3.05) is 37.4 Å². The van der Waals surface area contributed by atoms with Crippen LogP contribution in [-0.2, 0) is 20.6 Å². The van der Waals surface area contributed by atoms with Gasteiger partial charge in [-0.05, 0) is 24.7 Å². The van der Waals surface area contributed by atoms with Gasteiger partial charge in [0.25, 0.3) is 0 Å². The summed E-state index contributed by atoms with van der Waals surface area (Å²) in [5, 5.41) is 3.10. The summed E-state index contributed by atoms with van der Waals surface area (Å²) in [4.78, 5) is 0. The minimum absolute atomic E-state index is 0.0583. The fourth-order valence-electron chi connectivity index (χ4n) is 1.99. The molecule has 1 aromatic carbocycles. The molecule has 1 aliphatic heterocycles. The summed E-state index contributed by atoms with van der Waals surface area (Å²) in [5.74, 6) is 1.83. The molecule has 1 N–H and O–H groups in total. The fraction of sp³-hybridized carbons (Fsp3) is 0.538. The van der Waals surface area contributed by atoms with Crippen LogP contribution in [0.4, 0.5) is 0 Å². The minimum atomic E-state index is -3.08. The monoisotopic (exact) mass is 333 g/mol. The third-order valence-corrected chi connectivity index (χ3v) is 5.75. The van der Waals surface area contributed by atoms with Crippen LogP contribution >= 0.6 is 0 Å². The predicted octanol–water partition coefficient (Wildman–Crippen LogP) is 0.469. The summed E-state index contributed by atoms with van der Waals surface area (Å²) in [5.41, 5.74) is 0.939. The molecule has 0 fully saturated rings. The Morgan fingerprint density at radius 3 is 2.71 bits per heavy atom. The lowest BCUT2D eigenvalue weighted by molar-refractivity contribution is 0.174. The predicted molar refractivity (Wildman–Crippen MR) is 82.0 cm³/mol. The highest BCUT2D eigenvalue weighted by Crippen LogP contribution is 2.34. The quantitative estimate of drug-likeness (QED) is 0.781. The van der Waals surface area contributed by atoms with Crippen LogP contribution in [0.3, 0.4) is 0 Å². The van der Waals surface area contributed by atoms with Crippen molar-refractivity contribution >= 4 is 20.6 Å². The van der Waals surface area contributed by atoms with Crippen molar-refractivity contribution in [1.29, 1.82) is 0 Å². The SMILES string of the molecule is CNC(CS(=O)CCS(C)(=O)=O)c1ccc2c(c1)OCO2. The van der Waals surface area contributed by atoms with Crippen LogP contribution in [0.2, 0.25) is 0 Å². The average molecular weight is 333 g/mol. The number of nitrogens with one attached hydrogen (secondary N) is 1. The van der Waals surface area contributed by atoms with Gasteiger partial charge in [-0.25, -0.2) is 8.42 Å². The van der Waals surface area contributed by atoms with Crippen molar-refractivity contribution in [2.24, 2.45) is 0 Å². The molecule has 2 atom stereocenters. The van der Waals surface area contributed by atoms with Gasteiger partial charge in [0.2, 0.25) is 6.79 Å². The maximum atomic E-state index is 12.0. The van der Waals surface area contributed by atoms with Crippen LogP contribution in [0.15, 0.2) is 18.2 Å². The molecule has 2 unspecified atom stereocenters. The number of fused-ring (bicyclic) bond motifs is 1. The van der Waals surface area contributed by atoms with E-state index < -0.39 is 20.6 Å². The molecule has 0 radical (unpaired) electrons. The first-order chi connectivity index (χ1) is 9.89. The molecular weight excluding hydrogens is 314 g/mol. The second-order valence-corrected chi connectivity index (χ2v) is 8.78. The third-order valence-electron chi connectivity index (χ3n) is 3.18. The van der Waals surface area contributed by atoms with Crippen LogP contribution in [0.25, 0.3) is 0 Å². The Labute approximate surface area is 127 Å². The van der Waals surface area contributed by atoms with Gasteiger partial charge >= 0.3 is 0 Å². The van der Waals surface area contributed by atoms with Gasteiger partial charge < -0.3 is 14.8 Å². The molecule has 1 aromatic rings. The zero-order valence-electron chi connectivity index (χ0n) is 12.0. The second-order valence-electron chi connectivity index (χ2n) is 4.89. The molecule has 0 aliphatic carbocycles. The van der Waals surface area contributed by atoms with E-state index in [9.17, 15) is 12.6 Å². The molecule has 118 valence electrons. The first-order valence-corrected chi connectivity index (χ1v) is 10.0. The molecule has 8 heteroatoms. The Bertz CT molecular complexity index is 629. The van der Waals surface area contributed by atoms with Gasteiger partial charge in [-0.2, -0.15) is 0 Å². The van der Waals surface area contributed by atoms with Gasteiger partial charge in [-0.1, -0.05) is 6.07 Å². The van der Waals surface area contributed by atoms with Crippen molar-refractivity contribution in [3.63, 3.8) is 0 Å². The summed E-state index contributed by atoms with van der Waals surface area (Å²) < 4.78 is 44.8. The van der Waals surface area contributed by atoms with Gasteiger partial charge in [0.1, 0.15) is 9.84 Å². The second kappa shape index (κ2) is 6.76. The first kappa shape index (κ1) is 16.3. The molecule has 6 nitrogen and oxygen atoms in total. The lowest BCUT2D eigenvalue weighted by Crippen LogP contribution is -2.25. The van der Waals surface area contributed by atoms with E-state index in [1.807, 2.05) is 18.2 Å². The Morgan fingerprint density at radius 2 is 2.05 bits per heavy atom. The van der Waals surface area contributed by atoms with Crippen LogP contribution in [0.1, 0.15) is 11.6 Å². The molecule has 2 rings (SSSR count). The number of benzene rings is 1. The van der Waals surface area contributed by atoms with Gasteiger partial charge in [0.15, 0.2) is 11.5 Å². The topological polar surface area (TPSA) is 81.7 Å². The van der Waals surface area contributed by atoms with E-state index in [-0.39, 0.29) is 24.3 Å². The highest BCUT2D eigenvalue weighted by Gasteiger charge is 2.19. The van der Waals surface area contributed by atoms with E-state index in [0.717, 1.165) is 11.8 Å². The van der Waals surface area contributed by atoms with Gasteiger partial charge in [0.05, 0.1) is 5.75 Å². The van der Waals surface area contributed by atoms with Crippen molar-refractivity contribution in [1.82, 2.24) is 5.32 Å². The molecule has 0 aromatic heterocycles. The van der Waals surface area contributed by atoms with Gasteiger partial charge in [0, 0.05) is 34.6 Å². The zero-order chi connectivity index (χ0) is 15.5. The molecule has 0 amide bonds. The average Bonchev–Trinajstić information content (AvgIpc) is 2.89. The first-order valence-electron chi connectivity index (χ1n) is 6.48. The lowest BCUT2D eigenvalue weighted by Gasteiger charge is -2.16. The Kier molecular flexibility index (Phi) is 5.23. The summed E-state index contributed by atoms with van der Waals surface area (Å²) in [6.07, 6.45) is 1.15. The normalized spacial score (nSPS) is 16.7. The van der Waals surface area contributed by atoms with Crippen molar-refractivity contribution in [3.05, 3.63) is 23.8 Å². The largest absolute Gasteiger partial charge is 0.454 e. The van der Waals surface area contributed by atoms with E-state index in [1.165, 1.54) is 0 Å². The fourth-order valence-corrected chi connectivity index (χ4v) is 4.84. The highest BCUT2D eigenvalue weighted by molar-refractivity contribution is 7.92. The number of hydrogen-bond acceptors (Lipinski definition) is 6. The molecule has 0 spiro atoms. The van der Waals surface area contributed by atoms with Crippen molar-refractivity contribution in [2.45, 2.75) is 6.04 Å². The van der Waals surface area contributed by atoms with Gasteiger partial charge in [-0.3, -0.25) is 4.21 Å². The Hall–Kier alpha value is -1.12. The smallest absolute Gasteiger partial charge is 0.231 e. The van der Waals surface area contributed by atoms with Gasteiger partial charge in [-0.15, -0.1) is 0 Å². The molecule has 1 heterocycles. The van der Waals surface area contributed by atoms with Crippen molar-refractivity contribution in [3.8, 4) is 11.5 Å². The Balaban J connectivity index is 2.01. The maximum Gasteiger partial charge on any atom is 0.231 e. The molecule has 0 saturated carbocycles. The number of rotatable bonds is 7. The highest BCUT2D eigenvalue weighted by atomic mass is 32.2. The molecule has 21 heavy (non-hydrogen) atoms. The maximum absolute atomic E-state index is 12.0. The molecular formula is C13H19NO5S2. The zero-order valence-corrected chi connectivity index (χ0v) is 13.6. The molecule has 1 aliphatic rings. The number of sulfone groups is 1. The molecule has 0 bridgehead atoms. The van der Waals surface area contributed by atoms with Crippen LogP contribution in [-0.4, -0.2) is 50.0 Å². The summed E-state index contributed by atoms with van der Waals surface area (Å²) in [7, 11) is -2.51. The standard InChI is InChI=1S/C13H19NO5S2/c1-14-11(8-20(15)5-6-21(2,16)17)10-3-4-12-13(7-10)19-9-18-12/h3-4,7,11,14H,5-6,8-9H2,1-2H3. The summed E-state index contributed by atoms with van der Waals surface area (Å²) >= 11 is 0. The third kappa shape index (κ3) is 4.69. The van der Waals surface area contributed by atoms with E-state index in [0.29, 0.717) is 17.3 Å². The van der Waals surface area contributed by atoms with E-state index in [1.54, 1.807) is 7.05 Å². The van der Waals surface area contributed by atoms with Crippen molar-refractivity contribution < 1.29 is 22.1 Å². The lowest BCUT2D eigenvalue weighted by atomic mass is 10.1. The summed E-state index contributed by atoms with van der Waals surface area (Å²) in [6.45, 7) is 0.212. The van der Waals surface area contributed by atoms with E-state index in [2.05, 4.69) is 5.32 Å². The number of hydrogen-bond donors (Lipinski definition) is 1. The Morgan fingerprint density at radius 1 is 1.33 bits per heavy atom. The van der Waals surface area contributed by atoms with E-state index in [4.69, 9.17) is 9.47 Å². The van der Waals surface area contributed by atoms with Crippen LogP contribution in [0, 0.1) is 0 Å². The summed E-state index contributed by atoms with van der Waals surface area (Å²) in [6, 6.07) is 5.45.